The third kappa shape index (κ3) is 6.22. The first-order chi connectivity index (χ1) is 6.60. The highest BCUT2D eigenvalue weighted by Crippen LogP contribution is 2.06. The van der Waals surface area contributed by atoms with Crippen molar-refractivity contribution in [3.63, 3.8) is 0 Å². The third-order valence-corrected chi connectivity index (χ3v) is 1.60. The van der Waals surface area contributed by atoms with Gasteiger partial charge in [0.1, 0.15) is 11.9 Å². The third-order valence-electron chi connectivity index (χ3n) is 1.60. The van der Waals surface area contributed by atoms with Gasteiger partial charge in [0.2, 0.25) is 0 Å². The molecule has 0 saturated carbocycles. The molecule has 0 aliphatic heterocycles. The van der Waals surface area contributed by atoms with Crippen LogP contribution in [0.2, 0.25) is 0 Å². The lowest BCUT2D eigenvalue weighted by molar-refractivity contribution is -0.117. The molecule has 0 rings (SSSR count). The van der Waals surface area contributed by atoms with E-state index in [-0.39, 0.29) is 11.9 Å². The summed E-state index contributed by atoms with van der Waals surface area (Å²) >= 11 is 0. The van der Waals surface area contributed by atoms with Crippen LogP contribution in [0.25, 0.3) is 0 Å². The van der Waals surface area contributed by atoms with Crippen molar-refractivity contribution in [2.24, 2.45) is 0 Å². The summed E-state index contributed by atoms with van der Waals surface area (Å²) in [6.45, 7) is 3.33. The van der Waals surface area contributed by atoms with Crippen molar-refractivity contribution < 1.29 is 19.1 Å². The van der Waals surface area contributed by atoms with Crippen molar-refractivity contribution in [3.8, 4) is 0 Å². The summed E-state index contributed by atoms with van der Waals surface area (Å²) in [4.78, 5) is 21.5. The summed E-state index contributed by atoms with van der Waals surface area (Å²) in [5.74, 6) is 0.0768. The fraction of sp³-hybridized carbons (Fsp3) is 0.600. The van der Waals surface area contributed by atoms with Gasteiger partial charge in [0.15, 0.2) is 0 Å². The number of hydrogen-bond donors (Lipinski definition) is 0. The molecular weight excluding hydrogens is 184 g/mol. The van der Waals surface area contributed by atoms with Gasteiger partial charge in [0.05, 0.1) is 7.11 Å². The first kappa shape index (κ1) is 12.7. The molecule has 4 nitrogen and oxygen atoms in total. The summed E-state index contributed by atoms with van der Waals surface area (Å²) < 4.78 is 9.24. The van der Waals surface area contributed by atoms with Gasteiger partial charge in [-0.2, -0.15) is 0 Å². The van der Waals surface area contributed by atoms with Crippen molar-refractivity contribution in [2.45, 2.75) is 32.8 Å². The van der Waals surface area contributed by atoms with Gasteiger partial charge in [0, 0.05) is 6.42 Å². The van der Waals surface area contributed by atoms with E-state index < -0.39 is 6.16 Å². The number of ketones is 1. The van der Waals surface area contributed by atoms with Crippen LogP contribution in [-0.2, 0) is 14.3 Å². The smallest absolute Gasteiger partial charge is 0.438 e. The maximum atomic E-state index is 10.8. The second-order valence-electron chi connectivity index (χ2n) is 2.88. The molecule has 0 spiro atoms. The van der Waals surface area contributed by atoms with Gasteiger partial charge in [-0.25, -0.2) is 4.79 Å². The predicted molar refractivity (Wildman–Crippen MR) is 52.0 cm³/mol. The number of hydrogen-bond acceptors (Lipinski definition) is 4. The largest absolute Gasteiger partial charge is 0.508 e. The summed E-state index contributed by atoms with van der Waals surface area (Å²) in [6.07, 6.45) is 3.28. The normalized spacial score (nSPS) is 12.5. The molecule has 0 bridgehead atoms. The van der Waals surface area contributed by atoms with E-state index in [1.165, 1.54) is 14.0 Å². The summed E-state index contributed by atoms with van der Waals surface area (Å²) in [5.41, 5.74) is 0. The maximum absolute atomic E-state index is 10.8. The molecule has 14 heavy (non-hydrogen) atoms. The Kier molecular flexibility index (Phi) is 6.45. The molecule has 0 aromatic heterocycles. The quantitative estimate of drug-likeness (QED) is 0.503. The molecule has 80 valence electrons. The van der Waals surface area contributed by atoms with Gasteiger partial charge in [-0.3, -0.25) is 0 Å². The fourth-order valence-electron chi connectivity index (χ4n) is 0.926. The highest BCUT2D eigenvalue weighted by atomic mass is 16.7. The molecule has 0 aromatic carbocycles. The van der Waals surface area contributed by atoms with Gasteiger partial charge in [0.25, 0.3) is 0 Å². The molecule has 0 unspecified atom stereocenters. The number of carbonyl (C=O) groups excluding carboxylic acids is 2. The Morgan fingerprint density at radius 2 is 2.07 bits per heavy atom. The van der Waals surface area contributed by atoms with Gasteiger partial charge in [-0.1, -0.05) is 6.08 Å². The van der Waals surface area contributed by atoms with Gasteiger partial charge in [-0.15, -0.1) is 0 Å². The average Bonchev–Trinajstić information content (AvgIpc) is 2.14. The first-order valence-electron chi connectivity index (χ1n) is 4.47. The van der Waals surface area contributed by atoms with Crippen molar-refractivity contribution in [2.75, 3.05) is 7.11 Å². The van der Waals surface area contributed by atoms with E-state index in [0.717, 1.165) is 0 Å². The van der Waals surface area contributed by atoms with Crippen LogP contribution in [0.3, 0.4) is 0 Å². The van der Waals surface area contributed by atoms with Crippen molar-refractivity contribution in [1.29, 1.82) is 0 Å². The molecule has 0 radical (unpaired) electrons. The van der Waals surface area contributed by atoms with Crippen LogP contribution in [-0.4, -0.2) is 25.2 Å². The van der Waals surface area contributed by atoms with Gasteiger partial charge >= 0.3 is 6.16 Å². The van der Waals surface area contributed by atoms with Crippen LogP contribution >= 0.6 is 0 Å². The predicted octanol–water partition coefficient (Wildman–Crippen LogP) is 2.08. The SMILES string of the molecule is C/C=C\[C@H](CCC(C)=O)OC(=O)OC. The zero-order valence-electron chi connectivity index (χ0n) is 8.78. The minimum atomic E-state index is -0.725. The van der Waals surface area contributed by atoms with E-state index in [1.807, 2.05) is 6.92 Å². The minimum absolute atomic E-state index is 0.0768. The lowest BCUT2D eigenvalue weighted by atomic mass is 10.1. The summed E-state index contributed by atoms with van der Waals surface area (Å²) in [7, 11) is 1.25. The second-order valence-corrected chi connectivity index (χ2v) is 2.88. The molecule has 0 aromatic rings. The topological polar surface area (TPSA) is 52.6 Å². The van der Waals surface area contributed by atoms with Gasteiger partial charge < -0.3 is 14.3 Å². The van der Waals surface area contributed by atoms with E-state index in [0.29, 0.717) is 12.8 Å². The molecule has 0 aliphatic carbocycles. The molecule has 0 heterocycles. The Balaban J connectivity index is 4.01. The maximum Gasteiger partial charge on any atom is 0.508 e. The number of carbonyl (C=O) groups is 2. The van der Waals surface area contributed by atoms with E-state index in [1.54, 1.807) is 12.2 Å². The molecule has 4 heteroatoms. The molecule has 0 N–H and O–H groups in total. The Hall–Kier alpha value is -1.32. The molecular formula is C10H16O4. The van der Waals surface area contributed by atoms with E-state index >= 15 is 0 Å². The molecule has 1 atom stereocenters. The molecule has 0 saturated heterocycles. The Labute approximate surface area is 83.9 Å². The van der Waals surface area contributed by atoms with Crippen molar-refractivity contribution >= 4 is 11.9 Å². The number of allylic oxidation sites excluding steroid dienone is 1. The van der Waals surface area contributed by atoms with Crippen molar-refractivity contribution in [3.05, 3.63) is 12.2 Å². The van der Waals surface area contributed by atoms with Crippen LogP contribution in [0.4, 0.5) is 4.79 Å². The number of ether oxygens (including phenoxy) is 2. The first-order valence-corrected chi connectivity index (χ1v) is 4.47. The van der Waals surface area contributed by atoms with Crippen LogP contribution in [0, 0.1) is 0 Å². The second kappa shape index (κ2) is 7.12. The Bertz CT molecular complexity index is 220. The average molecular weight is 200 g/mol. The van der Waals surface area contributed by atoms with E-state index in [4.69, 9.17) is 4.74 Å². The summed E-state index contributed by atoms with van der Waals surface area (Å²) in [5, 5.41) is 0. The summed E-state index contributed by atoms with van der Waals surface area (Å²) in [6, 6.07) is 0. The highest BCUT2D eigenvalue weighted by molar-refractivity contribution is 5.75. The number of Topliss-reactive ketones (excluding diaryl/α,β-unsaturated/α-hetero) is 1. The monoisotopic (exact) mass is 200 g/mol. The Morgan fingerprint density at radius 1 is 1.43 bits per heavy atom. The molecule has 0 fully saturated rings. The standard InChI is InChI=1S/C10H16O4/c1-4-5-9(7-6-8(2)11)14-10(12)13-3/h4-5,9H,6-7H2,1-3H3/b5-4-/t9-/m1/s1. The minimum Gasteiger partial charge on any atom is -0.438 e. The van der Waals surface area contributed by atoms with E-state index in [9.17, 15) is 9.59 Å². The van der Waals surface area contributed by atoms with E-state index in [2.05, 4.69) is 4.74 Å². The fourth-order valence-corrected chi connectivity index (χ4v) is 0.926. The lowest BCUT2D eigenvalue weighted by Gasteiger charge is -2.11. The zero-order chi connectivity index (χ0) is 11.0. The van der Waals surface area contributed by atoms with Crippen molar-refractivity contribution in [1.82, 2.24) is 0 Å². The lowest BCUT2D eigenvalue weighted by Crippen LogP contribution is -2.16. The van der Waals surface area contributed by atoms with Crippen LogP contribution in [0.15, 0.2) is 12.2 Å². The van der Waals surface area contributed by atoms with Crippen LogP contribution < -0.4 is 0 Å². The number of rotatable bonds is 5. The zero-order valence-corrected chi connectivity index (χ0v) is 8.78. The molecule has 0 aliphatic rings. The van der Waals surface area contributed by atoms with Crippen LogP contribution in [0.1, 0.15) is 26.7 Å². The highest BCUT2D eigenvalue weighted by Gasteiger charge is 2.11. The Morgan fingerprint density at radius 3 is 2.50 bits per heavy atom. The van der Waals surface area contributed by atoms with Gasteiger partial charge in [-0.05, 0) is 26.3 Å². The molecule has 0 amide bonds. The number of methoxy groups -OCH3 is 1. The van der Waals surface area contributed by atoms with Crippen LogP contribution in [0.5, 0.6) is 0 Å².